The summed E-state index contributed by atoms with van der Waals surface area (Å²) in [6.07, 6.45) is 2.89. The van der Waals surface area contributed by atoms with Crippen molar-refractivity contribution in [1.29, 1.82) is 0 Å². The van der Waals surface area contributed by atoms with Crippen molar-refractivity contribution in [2.75, 3.05) is 44.2 Å². The molecule has 3 aliphatic heterocycles. The molecule has 3 aliphatic rings. The Balaban J connectivity index is 1.24. The molecule has 1 N–H and O–H groups in total. The summed E-state index contributed by atoms with van der Waals surface area (Å²) in [6, 6.07) is 7.30. The molecule has 0 unspecified atom stereocenters. The molecule has 7 nitrogen and oxygen atoms in total. The normalized spacial score (nSPS) is 25.5. The highest BCUT2D eigenvalue weighted by molar-refractivity contribution is 5.85. The van der Waals surface area contributed by atoms with Crippen LogP contribution >= 0.6 is 0 Å². The number of anilines is 1. The van der Waals surface area contributed by atoms with Gasteiger partial charge in [0.2, 0.25) is 5.91 Å². The first-order valence-corrected chi connectivity index (χ1v) is 12.6. The Morgan fingerprint density at radius 2 is 1.82 bits per heavy atom. The van der Waals surface area contributed by atoms with Crippen LogP contribution in [0.15, 0.2) is 24.3 Å². The zero-order valence-electron chi connectivity index (χ0n) is 21.0. The lowest BCUT2D eigenvalue weighted by Crippen LogP contribution is -2.52. The maximum Gasteiger partial charge on any atom is 0.410 e. The molecule has 0 aliphatic carbocycles. The molecular formula is C26H39FN4O3. The Labute approximate surface area is 202 Å². The van der Waals surface area contributed by atoms with Crippen molar-refractivity contribution in [3.8, 4) is 0 Å². The third-order valence-corrected chi connectivity index (χ3v) is 7.55. The van der Waals surface area contributed by atoms with E-state index in [0.717, 1.165) is 44.7 Å². The zero-order valence-corrected chi connectivity index (χ0v) is 21.0. The molecule has 4 rings (SSSR count). The van der Waals surface area contributed by atoms with Gasteiger partial charge < -0.3 is 19.9 Å². The Morgan fingerprint density at radius 3 is 2.44 bits per heavy atom. The van der Waals surface area contributed by atoms with E-state index in [4.69, 9.17) is 4.74 Å². The lowest BCUT2D eigenvalue weighted by Gasteiger charge is -2.41. The standard InChI is InChI=1S/C26H39FN4O3/c1-19-18-31(22-7-5-20(27)6-8-22)16-15-29(19)12-9-21-17-26(23(32)28-21)10-13-30(14-11-26)24(33)34-25(2,3)4/h5-8,19,21H,9-18H2,1-4H3,(H,28,32)/t19-,21+/m1/s1. The summed E-state index contributed by atoms with van der Waals surface area (Å²) >= 11 is 0. The van der Waals surface area contributed by atoms with Gasteiger partial charge in [-0.3, -0.25) is 9.69 Å². The first-order chi connectivity index (χ1) is 16.0. The fourth-order valence-electron chi connectivity index (χ4n) is 5.54. The number of ether oxygens (including phenoxy) is 1. The molecule has 3 fully saturated rings. The highest BCUT2D eigenvalue weighted by atomic mass is 19.1. The van der Waals surface area contributed by atoms with Gasteiger partial charge in [-0.05, 0) is 77.6 Å². The summed E-state index contributed by atoms with van der Waals surface area (Å²) in [7, 11) is 0. The molecule has 0 bridgehead atoms. The maximum atomic E-state index is 13.2. The summed E-state index contributed by atoms with van der Waals surface area (Å²) in [5.74, 6) is -0.0575. The Morgan fingerprint density at radius 1 is 1.15 bits per heavy atom. The van der Waals surface area contributed by atoms with Gasteiger partial charge in [0, 0.05) is 57.0 Å². The molecule has 0 saturated carbocycles. The van der Waals surface area contributed by atoms with Crippen molar-refractivity contribution >= 4 is 17.7 Å². The summed E-state index contributed by atoms with van der Waals surface area (Å²) < 4.78 is 18.7. The molecular weight excluding hydrogens is 435 g/mol. The van der Waals surface area contributed by atoms with E-state index in [2.05, 4.69) is 22.0 Å². The van der Waals surface area contributed by atoms with Gasteiger partial charge in [0.25, 0.3) is 0 Å². The lowest BCUT2D eigenvalue weighted by molar-refractivity contribution is -0.130. The number of nitrogens with one attached hydrogen (secondary N) is 1. The molecule has 8 heteroatoms. The molecule has 3 saturated heterocycles. The van der Waals surface area contributed by atoms with E-state index in [0.29, 0.717) is 32.0 Å². The van der Waals surface area contributed by atoms with Crippen molar-refractivity contribution in [3.05, 3.63) is 30.1 Å². The second-order valence-corrected chi connectivity index (χ2v) is 11.2. The average molecular weight is 475 g/mol. The van der Waals surface area contributed by atoms with Crippen LogP contribution in [0.5, 0.6) is 0 Å². The Bertz CT molecular complexity index is 877. The van der Waals surface area contributed by atoms with Gasteiger partial charge >= 0.3 is 6.09 Å². The second-order valence-electron chi connectivity index (χ2n) is 11.2. The van der Waals surface area contributed by atoms with Crippen LogP contribution in [0.1, 0.15) is 53.4 Å². The SMILES string of the molecule is C[C@@H]1CN(c2ccc(F)cc2)CCN1CC[C@H]1CC2(CCN(C(=O)OC(C)(C)C)CC2)C(=O)N1. The molecule has 0 aromatic heterocycles. The number of carbonyl (C=O) groups is 2. The van der Waals surface area contributed by atoms with E-state index in [1.54, 1.807) is 4.90 Å². The average Bonchev–Trinajstić information content (AvgIpc) is 3.07. The van der Waals surface area contributed by atoms with Gasteiger partial charge in [0.1, 0.15) is 11.4 Å². The van der Waals surface area contributed by atoms with Crippen LogP contribution in [0.3, 0.4) is 0 Å². The van der Waals surface area contributed by atoms with Crippen LogP contribution in [0.4, 0.5) is 14.9 Å². The molecule has 2 atom stereocenters. The van der Waals surface area contributed by atoms with Crippen molar-refractivity contribution in [1.82, 2.24) is 15.1 Å². The first kappa shape index (κ1) is 24.8. The van der Waals surface area contributed by atoms with E-state index in [1.165, 1.54) is 12.1 Å². The number of halogens is 1. The quantitative estimate of drug-likeness (QED) is 0.722. The van der Waals surface area contributed by atoms with Crippen LogP contribution in [-0.4, -0.2) is 78.8 Å². The van der Waals surface area contributed by atoms with E-state index in [1.807, 2.05) is 32.9 Å². The summed E-state index contributed by atoms with van der Waals surface area (Å²) in [5, 5.41) is 3.24. The number of rotatable bonds is 4. The van der Waals surface area contributed by atoms with Gasteiger partial charge in [-0.1, -0.05) is 0 Å². The molecule has 0 radical (unpaired) electrons. The monoisotopic (exact) mass is 474 g/mol. The third-order valence-electron chi connectivity index (χ3n) is 7.55. The van der Waals surface area contributed by atoms with Crippen LogP contribution in [0, 0.1) is 11.2 Å². The summed E-state index contributed by atoms with van der Waals surface area (Å²) in [5.41, 5.74) is 0.204. The van der Waals surface area contributed by atoms with Crippen molar-refractivity contribution in [2.24, 2.45) is 5.41 Å². The Kier molecular flexibility index (Phi) is 7.08. The summed E-state index contributed by atoms with van der Waals surface area (Å²) in [6.45, 7) is 12.7. The van der Waals surface area contributed by atoms with E-state index < -0.39 is 5.60 Å². The minimum absolute atomic E-state index is 0.149. The lowest BCUT2D eigenvalue weighted by atomic mass is 9.76. The minimum Gasteiger partial charge on any atom is -0.444 e. The predicted molar refractivity (Wildman–Crippen MR) is 130 cm³/mol. The van der Waals surface area contributed by atoms with Gasteiger partial charge in [-0.15, -0.1) is 0 Å². The molecule has 2 amide bonds. The van der Waals surface area contributed by atoms with Crippen LogP contribution in [0.25, 0.3) is 0 Å². The number of piperidine rings is 1. The number of benzene rings is 1. The molecule has 1 aromatic rings. The molecule has 3 heterocycles. The predicted octanol–water partition coefficient (Wildman–Crippen LogP) is 3.63. The molecule has 1 spiro atoms. The number of hydrogen-bond acceptors (Lipinski definition) is 5. The van der Waals surface area contributed by atoms with E-state index in [9.17, 15) is 14.0 Å². The number of likely N-dealkylation sites (tertiary alicyclic amines) is 1. The number of carbonyl (C=O) groups excluding carboxylic acids is 2. The fourth-order valence-corrected chi connectivity index (χ4v) is 5.54. The zero-order chi connectivity index (χ0) is 24.5. The van der Waals surface area contributed by atoms with Gasteiger partial charge in [-0.2, -0.15) is 0 Å². The fraction of sp³-hybridized carbons (Fsp3) is 0.692. The smallest absolute Gasteiger partial charge is 0.410 e. The number of nitrogens with zero attached hydrogens (tertiary/aromatic N) is 3. The van der Waals surface area contributed by atoms with Crippen molar-refractivity contribution in [3.63, 3.8) is 0 Å². The maximum absolute atomic E-state index is 13.2. The topological polar surface area (TPSA) is 65.1 Å². The van der Waals surface area contributed by atoms with Crippen LogP contribution in [0.2, 0.25) is 0 Å². The minimum atomic E-state index is -0.510. The van der Waals surface area contributed by atoms with Crippen molar-refractivity contribution < 1.29 is 18.7 Å². The van der Waals surface area contributed by atoms with Gasteiger partial charge in [-0.25, -0.2) is 9.18 Å². The Hall–Kier alpha value is -2.35. The van der Waals surface area contributed by atoms with Gasteiger partial charge in [0.15, 0.2) is 0 Å². The molecule has 1 aromatic carbocycles. The number of piperazine rings is 1. The first-order valence-electron chi connectivity index (χ1n) is 12.6. The van der Waals surface area contributed by atoms with Gasteiger partial charge in [0.05, 0.1) is 5.41 Å². The molecule has 188 valence electrons. The van der Waals surface area contributed by atoms with Crippen LogP contribution < -0.4 is 10.2 Å². The number of hydrogen-bond donors (Lipinski definition) is 1. The summed E-state index contributed by atoms with van der Waals surface area (Å²) in [4.78, 5) is 31.8. The highest BCUT2D eigenvalue weighted by Gasteiger charge is 2.49. The molecule has 34 heavy (non-hydrogen) atoms. The highest BCUT2D eigenvalue weighted by Crippen LogP contribution is 2.41. The van der Waals surface area contributed by atoms with E-state index >= 15 is 0 Å². The van der Waals surface area contributed by atoms with Crippen LogP contribution in [-0.2, 0) is 9.53 Å². The third kappa shape index (κ3) is 5.65. The van der Waals surface area contributed by atoms with Crippen molar-refractivity contribution in [2.45, 2.75) is 71.1 Å². The number of amides is 2. The van der Waals surface area contributed by atoms with E-state index in [-0.39, 0.29) is 29.3 Å². The largest absolute Gasteiger partial charge is 0.444 e. The second kappa shape index (κ2) is 9.72.